The summed E-state index contributed by atoms with van der Waals surface area (Å²) in [6, 6.07) is 9.39. The zero-order chi connectivity index (χ0) is 12.3. The van der Waals surface area contributed by atoms with E-state index in [2.05, 4.69) is 22.6 Å². The lowest BCUT2D eigenvalue weighted by Gasteiger charge is -2.33. The Morgan fingerprint density at radius 2 is 1.94 bits per heavy atom. The van der Waals surface area contributed by atoms with Crippen molar-refractivity contribution in [3.63, 3.8) is 0 Å². The Hall–Kier alpha value is -1.30. The summed E-state index contributed by atoms with van der Waals surface area (Å²) in [5.74, 6) is -0.951. The van der Waals surface area contributed by atoms with Crippen molar-refractivity contribution in [1.82, 2.24) is 0 Å². The third-order valence-corrected chi connectivity index (χ3v) is 2.75. The minimum absolute atomic E-state index is 0.396. The van der Waals surface area contributed by atoms with Crippen molar-refractivity contribution in [3.05, 3.63) is 57.9 Å². The van der Waals surface area contributed by atoms with E-state index in [1.807, 2.05) is 30.3 Å². The van der Waals surface area contributed by atoms with E-state index in [-0.39, 0.29) is 0 Å². The van der Waals surface area contributed by atoms with Crippen molar-refractivity contribution < 1.29 is 14.3 Å². The fourth-order valence-electron chi connectivity index (χ4n) is 1.62. The summed E-state index contributed by atoms with van der Waals surface area (Å²) >= 11 is 2.07. The average molecular weight is 342 g/mol. The van der Waals surface area contributed by atoms with E-state index < -0.39 is 11.8 Å². The first-order valence-electron chi connectivity index (χ1n) is 5.10. The largest absolute Gasteiger partial charge is 0.448 e. The summed E-state index contributed by atoms with van der Waals surface area (Å²) in [5, 5.41) is 0. The minimum atomic E-state index is -1.06. The van der Waals surface area contributed by atoms with E-state index >= 15 is 0 Å². The fraction of sp³-hybridized carbons (Fsp3) is 0.154. The zero-order valence-electron chi connectivity index (χ0n) is 9.22. The Kier molecular flexibility index (Phi) is 3.51. The second-order valence-electron chi connectivity index (χ2n) is 3.67. The highest BCUT2D eigenvalue weighted by Crippen LogP contribution is 2.33. The zero-order valence-corrected chi connectivity index (χ0v) is 11.4. The predicted octanol–water partition coefficient (Wildman–Crippen LogP) is 3.27. The average Bonchev–Trinajstić information content (AvgIpc) is 2.29. The van der Waals surface area contributed by atoms with Gasteiger partial charge in [0.05, 0.1) is 6.08 Å². The molecule has 17 heavy (non-hydrogen) atoms. The van der Waals surface area contributed by atoms with Crippen LogP contribution in [0.2, 0.25) is 0 Å². The van der Waals surface area contributed by atoms with Crippen molar-refractivity contribution in [2.45, 2.75) is 12.7 Å². The van der Waals surface area contributed by atoms with Gasteiger partial charge in [0.2, 0.25) is 0 Å². The number of esters is 1. The lowest BCUT2D eigenvalue weighted by molar-refractivity contribution is -0.216. The normalized spacial score (nSPS) is 24.1. The van der Waals surface area contributed by atoms with Crippen LogP contribution in [0.3, 0.4) is 0 Å². The maximum atomic E-state index is 11.5. The number of carbonyl (C=O) groups is 1. The number of hydrogen-bond acceptors (Lipinski definition) is 3. The van der Waals surface area contributed by atoms with Crippen LogP contribution in [0.5, 0.6) is 0 Å². The molecule has 3 nitrogen and oxygen atoms in total. The van der Waals surface area contributed by atoms with E-state index in [1.165, 1.54) is 6.08 Å². The summed E-state index contributed by atoms with van der Waals surface area (Å²) in [6.45, 7) is 1.73. The monoisotopic (exact) mass is 342 g/mol. The molecule has 0 saturated heterocycles. The molecule has 1 aromatic rings. The van der Waals surface area contributed by atoms with Crippen molar-refractivity contribution in [1.29, 1.82) is 0 Å². The van der Waals surface area contributed by atoms with Gasteiger partial charge in [-0.25, -0.2) is 4.79 Å². The predicted molar refractivity (Wildman–Crippen MR) is 72.2 cm³/mol. The topological polar surface area (TPSA) is 35.5 Å². The summed E-state index contributed by atoms with van der Waals surface area (Å²) in [7, 11) is 0. The van der Waals surface area contributed by atoms with E-state index in [0.29, 0.717) is 5.76 Å². The van der Waals surface area contributed by atoms with Crippen molar-refractivity contribution >= 4 is 28.6 Å². The van der Waals surface area contributed by atoms with Gasteiger partial charge in [0.1, 0.15) is 5.76 Å². The Balaban J connectivity index is 2.35. The third kappa shape index (κ3) is 2.69. The maximum absolute atomic E-state index is 11.5. The quantitative estimate of drug-likeness (QED) is 0.611. The van der Waals surface area contributed by atoms with Crippen LogP contribution in [-0.2, 0) is 20.1 Å². The molecule has 1 atom stereocenters. The van der Waals surface area contributed by atoms with Crippen molar-refractivity contribution in [2.75, 3.05) is 0 Å². The maximum Gasteiger partial charge on any atom is 0.338 e. The van der Waals surface area contributed by atoms with Gasteiger partial charge in [-0.15, -0.1) is 0 Å². The summed E-state index contributed by atoms with van der Waals surface area (Å²) < 4.78 is 12.7. The Bertz CT molecular complexity index is 479. The molecule has 4 heteroatoms. The molecule has 1 aliphatic heterocycles. The standard InChI is InChI=1S/C13H11IO3/c1-13(10-5-3-2-4-6-10)16-11(7-8-14)9-12(15)17-13/h2-9H,1H3/b8-7+. The molecule has 0 spiro atoms. The number of halogens is 1. The van der Waals surface area contributed by atoms with Gasteiger partial charge in [0, 0.05) is 12.5 Å². The summed E-state index contributed by atoms with van der Waals surface area (Å²) in [6.07, 6.45) is 3.06. The van der Waals surface area contributed by atoms with Crippen LogP contribution >= 0.6 is 22.6 Å². The highest BCUT2D eigenvalue weighted by molar-refractivity contribution is 14.1. The van der Waals surface area contributed by atoms with Gasteiger partial charge in [0.15, 0.2) is 0 Å². The van der Waals surface area contributed by atoms with Gasteiger partial charge in [-0.3, -0.25) is 0 Å². The molecule has 1 unspecified atom stereocenters. The molecular weight excluding hydrogens is 331 g/mol. The molecule has 1 heterocycles. The Labute approximate surface area is 113 Å². The molecular formula is C13H11IO3. The highest BCUT2D eigenvalue weighted by atomic mass is 127. The van der Waals surface area contributed by atoms with Crippen LogP contribution in [0.15, 0.2) is 52.3 Å². The second-order valence-corrected chi connectivity index (χ2v) is 4.39. The van der Waals surface area contributed by atoms with Crippen LogP contribution in [0, 0.1) is 0 Å². The van der Waals surface area contributed by atoms with Crippen LogP contribution in [0.4, 0.5) is 0 Å². The van der Waals surface area contributed by atoms with Gasteiger partial charge in [-0.2, -0.15) is 0 Å². The lowest BCUT2D eigenvalue weighted by Crippen LogP contribution is -2.34. The number of carbonyl (C=O) groups excluding carboxylic acids is 1. The van der Waals surface area contributed by atoms with Crippen molar-refractivity contribution in [3.8, 4) is 0 Å². The Morgan fingerprint density at radius 3 is 2.59 bits per heavy atom. The highest BCUT2D eigenvalue weighted by Gasteiger charge is 2.36. The van der Waals surface area contributed by atoms with Gasteiger partial charge < -0.3 is 9.47 Å². The van der Waals surface area contributed by atoms with Gasteiger partial charge in [-0.05, 0) is 10.2 Å². The molecule has 0 amide bonds. The number of benzene rings is 1. The SMILES string of the molecule is CC1(c2ccccc2)OC(=O)C=C(/C=C/I)O1. The molecule has 0 fully saturated rings. The molecule has 0 radical (unpaired) electrons. The molecule has 0 N–H and O–H groups in total. The third-order valence-electron chi connectivity index (χ3n) is 2.39. The first-order valence-corrected chi connectivity index (χ1v) is 6.34. The van der Waals surface area contributed by atoms with Crippen LogP contribution < -0.4 is 0 Å². The molecule has 1 aromatic carbocycles. The first-order chi connectivity index (χ1) is 8.14. The smallest absolute Gasteiger partial charge is 0.338 e. The molecule has 1 aliphatic rings. The summed E-state index contributed by atoms with van der Waals surface area (Å²) in [4.78, 5) is 11.5. The van der Waals surface area contributed by atoms with E-state index in [4.69, 9.17) is 9.47 Å². The van der Waals surface area contributed by atoms with Crippen LogP contribution in [0.25, 0.3) is 0 Å². The van der Waals surface area contributed by atoms with E-state index in [9.17, 15) is 4.79 Å². The van der Waals surface area contributed by atoms with E-state index in [0.717, 1.165) is 5.56 Å². The fourth-order valence-corrected chi connectivity index (χ4v) is 1.97. The first kappa shape index (κ1) is 12.2. The molecule has 0 saturated carbocycles. The number of rotatable bonds is 2. The van der Waals surface area contributed by atoms with Crippen LogP contribution in [-0.4, -0.2) is 5.97 Å². The minimum Gasteiger partial charge on any atom is -0.448 e. The molecule has 0 bridgehead atoms. The molecule has 0 aliphatic carbocycles. The van der Waals surface area contributed by atoms with Crippen LogP contribution in [0.1, 0.15) is 12.5 Å². The van der Waals surface area contributed by atoms with Gasteiger partial charge in [-0.1, -0.05) is 52.9 Å². The number of allylic oxidation sites excluding steroid dienone is 1. The number of cyclic esters (lactones) is 1. The number of ether oxygens (including phenoxy) is 2. The molecule has 2 rings (SSSR count). The molecule has 0 aromatic heterocycles. The van der Waals surface area contributed by atoms with Gasteiger partial charge >= 0.3 is 5.97 Å². The summed E-state index contributed by atoms with van der Waals surface area (Å²) in [5.41, 5.74) is 0.806. The Morgan fingerprint density at radius 1 is 1.24 bits per heavy atom. The van der Waals surface area contributed by atoms with Gasteiger partial charge in [0.25, 0.3) is 5.79 Å². The van der Waals surface area contributed by atoms with E-state index in [1.54, 1.807) is 17.1 Å². The second kappa shape index (κ2) is 4.91. The lowest BCUT2D eigenvalue weighted by atomic mass is 10.1. The molecule has 88 valence electrons. The van der Waals surface area contributed by atoms with Crippen molar-refractivity contribution in [2.24, 2.45) is 0 Å². The number of hydrogen-bond donors (Lipinski definition) is 0.